The summed E-state index contributed by atoms with van der Waals surface area (Å²) in [6.45, 7) is 0. The average molecular weight is 580 g/mol. The highest BCUT2D eigenvalue weighted by atomic mass is 127. The predicted octanol–water partition coefficient (Wildman–Crippen LogP) is 10.7. The van der Waals surface area contributed by atoms with Gasteiger partial charge in [0.25, 0.3) is 0 Å². The molecule has 0 N–H and O–H groups in total. The molecule has 0 saturated heterocycles. The van der Waals surface area contributed by atoms with E-state index in [-0.39, 0.29) is 0 Å². The van der Waals surface area contributed by atoms with Crippen LogP contribution in [0.4, 0.5) is 0 Å². The molecule has 0 unspecified atom stereocenters. The van der Waals surface area contributed by atoms with Gasteiger partial charge in [-0.1, -0.05) is 109 Å². The minimum absolute atomic E-state index is 1.25. The Morgan fingerprint density at radius 3 is 1.76 bits per heavy atom. The Morgan fingerprint density at radius 2 is 1.00 bits per heavy atom. The molecular weight excluding hydrogens is 559 g/mol. The van der Waals surface area contributed by atoms with E-state index in [9.17, 15) is 0 Å². The molecule has 0 heterocycles. The second-order valence-electron chi connectivity index (χ2n) is 9.80. The SMILES string of the molecule is Ic1ccc2c(-c3ccccc3)c3c(c(-c4ccccc4)c2c1)-c1cccc2c1c-3cc1ccccc12. The zero-order valence-corrected chi connectivity index (χ0v) is 22.2. The molecule has 0 saturated carbocycles. The van der Waals surface area contributed by atoms with Gasteiger partial charge in [-0.25, -0.2) is 0 Å². The van der Waals surface area contributed by atoms with Gasteiger partial charge >= 0.3 is 0 Å². The monoisotopic (exact) mass is 580 g/mol. The Morgan fingerprint density at radius 1 is 0.378 bits per heavy atom. The molecule has 172 valence electrons. The third-order valence-electron chi connectivity index (χ3n) is 7.82. The van der Waals surface area contributed by atoms with Crippen molar-refractivity contribution in [3.8, 4) is 44.5 Å². The Labute approximate surface area is 229 Å². The van der Waals surface area contributed by atoms with Crippen LogP contribution in [0.2, 0.25) is 0 Å². The van der Waals surface area contributed by atoms with Crippen LogP contribution in [0.5, 0.6) is 0 Å². The number of hydrogen-bond acceptors (Lipinski definition) is 0. The molecule has 1 aliphatic carbocycles. The zero-order chi connectivity index (χ0) is 24.5. The molecule has 0 radical (unpaired) electrons. The molecule has 7 aromatic rings. The largest absolute Gasteiger partial charge is 0.0622 e. The molecule has 0 amide bonds. The summed E-state index contributed by atoms with van der Waals surface area (Å²) in [6.07, 6.45) is 0. The van der Waals surface area contributed by atoms with Gasteiger partial charge in [0.15, 0.2) is 0 Å². The van der Waals surface area contributed by atoms with Crippen LogP contribution < -0.4 is 0 Å². The highest BCUT2D eigenvalue weighted by Gasteiger charge is 2.31. The maximum absolute atomic E-state index is 2.45. The molecule has 37 heavy (non-hydrogen) atoms. The minimum Gasteiger partial charge on any atom is -0.0622 e. The molecule has 1 heteroatoms. The zero-order valence-electron chi connectivity index (χ0n) is 20.0. The highest BCUT2D eigenvalue weighted by Crippen LogP contribution is 2.58. The van der Waals surface area contributed by atoms with E-state index in [0.29, 0.717) is 0 Å². The Hall–Kier alpha value is -3.95. The van der Waals surface area contributed by atoms with E-state index in [1.807, 2.05) is 0 Å². The summed E-state index contributed by atoms with van der Waals surface area (Å²) in [4.78, 5) is 0. The summed E-state index contributed by atoms with van der Waals surface area (Å²) in [7, 11) is 0. The maximum Gasteiger partial charge on any atom is 0.0136 e. The van der Waals surface area contributed by atoms with Gasteiger partial charge in [0.2, 0.25) is 0 Å². The summed E-state index contributed by atoms with van der Waals surface area (Å²) in [5, 5.41) is 7.92. The molecule has 0 fully saturated rings. The topological polar surface area (TPSA) is 0 Å². The summed E-state index contributed by atoms with van der Waals surface area (Å²) < 4.78 is 1.25. The molecule has 0 nitrogen and oxygen atoms in total. The average Bonchev–Trinajstić information content (AvgIpc) is 3.27. The van der Waals surface area contributed by atoms with Gasteiger partial charge in [-0.15, -0.1) is 0 Å². The van der Waals surface area contributed by atoms with Gasteiger partial charge in [0, 0.05) is 3.57 Å². The summed E-state index contributed by atoms with van der Waals surface area (Å²) in [5.74, 6) is 0. The fraction of sp³-hybridized carbons (Fsp3) is 0. The first-order valence-corrected chi connectivity index (χ1v) is 13.7. The summed E-state index contributed by atoms with van der Waals surface area (Å²) >= 11 is 2.45. The van der Waals surface area contributed by atoms with E-state index < -0.39 is 0 Å². The van der Waals surface area contributed by atoms with Crippen LogP contribution in [0.3, 0.4) is 0 Å². The van der Waals surface area contributed by atoms with Crippen LogP contribution >= 0.6 is 22.6 Å². The normalized spacial score (nSPS) is 11.9. The van der Waals surface area contributed by atoms with E-state index in [0.717, 1.165) is 0 Å². The van der Waals surface area contributed by atoms with Crippen LogP contribution in [-0.2, 0) is 0 Å². The van der Waals surface area contributed by atoms with E-state index >= 15 is 0 Å². The third-order valence-corrected chi connectivity index (χ3v) is 8.49. The number of halogens is 1. The number of rotatable bonds is 2. The van der Waals surface area contributed by atoms with Gasteiger partial charge in [0.1, 0.15) is 0 Å². The lowest BCUT2D eigenvalue weighted by molar-refractivity contribution is 1.61. The standard InChI is InChI=1S/C36H21I/c37-25-18-19-28-30(21-25)33(23-12-5-2-6-13-23)35-29-17-9-16-27-26-15-8-7-14-24(26)20-31(34(27)29)36(35)32(28)22-10-3-1-4-11-22/h1-21H. The number of hydrogen-bond donors (Lipinski definition) is 0. The fourth-order valence-electron chi connectivity index (χ4n) is 6.38. The first kappa shape index (κ1) is 21.2. The molecule has 8 rings (SSSR count). The molecular formula is C36H21I. The van der Waals surface area contributed by atoms with E-state index in [4.69, 9.17) is 0 Å². The molecule has 0 aromatic heterocycles. The molecule has 0 spiro atoms. The number of benzene rings is 7. The van der Waals surface area contributed by atoms with Crippen molar-refractivity contribution >= 4 is 54.9 Å². The molecule has 0 aliphatic heterocycles. The lowest BCUT2D eigenvalue weighted by atomic mass is 9.82. The van der Waals surface area contributed by atoms with Crippen LogP contribution in [0.25, 0.3) is 76.8 Å². The second-order valence-corrected chi connectivity index (χ2v) is 11.0. The maximum atomic E-state index is 2.45. The minimum atomic E-state index is 1.25. The van der Waals surface area contributed by atoms with Gasteiger partial charge in [-0.05, 0) is 118 Å². The number of fused-ring (bicyclic) bond motifs is 6. The predicted molar refractivity (Wildman–Crippen MR) is 167 cm³/mol. The van der Waals surface area contributed by atoms with E-state index in [1.54, 1.807) is 0 Å². The summed E-state index contributed by atoms with van der Waals surface area (Å²) in [5.41, 5.74) is 10.6. The lowest BCUT2D eigenvalue weighted by Gasteiger charge is -2.20. The van der Waals surface area contributed by atoms with Crippen molar-refractivity contribution in [1.29, 1.82) is 0 Å². The van der Waals surface area contributed by atoms with Crippen molar-refractivity contribution in [3.63, 3.8) is 0 Å². The first-order chi connectivity index (χ1) is 18.3. The van der Waals surface area contributed by atoms with Gasteiger partial charge in [-0.3, -0.25) is 0 Å². The van der Waals surface area contributed by atoms with Gasteiger partial charge in [0.05, 0.1) is 0 Å². The van der Waals surface area contributed by atoms with Crippen LogP contribution in [-0.4, -0.2) is 0 Å². The van der Waals surface area contributed by atoms with E-state index in [1.165, 1.54) is 80.4 Å². The quantitative estimate of drug-likeness (QED) is 0.141. The van der Waals surface area contributed by atoms with Crippen molar-refractivity contribution in [2.75, 3.05) is 0 Å². The van der Waals surface area contributed by atoms with Crippen LogP contribution in [0, 0.1) is 3.57 Å². The lowest BCUT2D eigenvalue weighted by Crippen LogP contribution is -1.94. The van der Waals surface area contributed by atoms with Gasteiger partial charge in [-0.2, -0.15) is 0 Å². The van der Waals surface area contributed by atoms with Crippen molar-refractivity contribution in [3.05, 3.63) is 131 Å². The van der Waals surface area contributed by atoms with E-state index in [2.05, 4.69) is 150 Å². The highest BCUT2D eigenvalue weighted by molar-refractivity contribution is 14.1. The summed E-state index contributed by atoms with van der Waals surface area (Å²) in [6, 6.07) is 46.9. The van der Waals surface area contributed by atoms with Crippen molar-refractivity contribution in [2.24, 2.45) is 0 Å². The Bertz CT molecular complexity index is 2020. The van der Waals surface area contributed by atoms with Crippen LogP contribution in [0.15, 0.2) is 127 Å². The molecule has 0 atom stereocenters. The van der Waals surface area contributed by atoms with Crippen molar-refractivity contribution < 1.29 is 0 Å². The molecule has 7 aromatic carbocycles. The Balaban J connectivity index is 1.68. The van der Waals surface area contributed by atoms with Crippen molar-refractivity contribution in [1.82, 2.24) is 0 Å². The smallest absolute Gasteiger partial charge is 0.0136 e. The Kier molecular flexibility index (Phi) is 4.59. The first-order valence-electron chi connectivity index (χ1n) is 12.6. The fourth-order valence-corrected chi connectivity index (χ4v) is 6.87. The van der Waals surface area contributed by atoms with Crippen molar-refractivity contribution in [2.45, 2.75) is 0 Å². The second kappa shape index (κ2) is 8.03. The van der Waals surface area contributed by atoms with Gasteiger partial charge < -0.3 is 0 Å². The van der Waals surface area contributed by atoms with Crippen LogP contribution in [0.1, 0.15) is 0 Å². The molecule has 1 aliphatic rings. The molecule has 0 bridgehead atoms. The third kappa shape index (κ3) is 3.01.